The Morgan fingerprint density at radius 1 is 1.40 bits per heavy atom. The molecule has 6 heteroatoms. The maximum absolute atomic E-state index is 5.59. The van der Waals surface area contributed by atoms with E-state index < -0.39 is 0 Å². The topological polar surface area (TPSA) is 78.8 Å². The number of nitrogen functional groups attached to an aromatic ring is 1. The summed E-state index contributed by atoms with van der Waals surface area (Å²) >= 11 is 0. The monoisotopic (exact) mass is 207 g/mol. The Hall–Kier alpha value is -1.85. The molecule has 2 rings (SSSR count). The van der Waals surface area contributed by atoms with Crippen LogP contribution < -0.4 is 10.5 Å². The molecular weight excluding hydrogens is 194 g/mol. The Bertz CT molecular complexity index is 490. The summed E-state index contributed by atoms with van der Waals surface area (Å²) in [5.41, 5.74) is 6.90. The highest BCUT2D eigenvalue weighted by Gasteiger charge is 2.12. The predicted molar refractivity (Wildman–Crippen MR) is 56.5 cm³/mol. The third-order valence-corrected chi connectivity index (χ3v) is 1.89. The first-order chi connectivity index (χ1) is 7.08. The molecule has 0 fully saturated rings. The van der Waals surface area contributed by atoms with Gasteiger partial charge in [-0.2, -0.15) is 9.97 Å². The zero-order valence-electron chi connectivity index (χ0n) is 8.93. The Labute approximate surface area is 87.1 Å². The van der Waals surface area contributed by atoms with Gasteiger partial charge in [0.15, 0.2) is 11.2 Å². The van der Waals surface area contributed by atoms with Crippen molar-refractivity contribution in [3.8, 4) is 5.88 Å². The van der Waals surface area contributed by atoms with Gasteiger partial charge in [0, 0.05) is 7.05 Å². The number of nitrogens with zero attached hydrogens (tertiary/aromatic N) is 4. The molecule has 15 heavy (non-hydrogen) atoms. The van der Waals surface area contributed by atoms with Gasteiger partial charge in [-0.1, -0.05) is 0 Å². The summed E-state index contributed by atoms with van der Waals surface area (Å²) in [6, 6.07) is 0. The summed E-state index contributed by atoms with van der Waals surface area (Å²) in [4.78, 5) is 12.3. The molecule has 6 nitrogen and oxygen atoms in total. The van der Waals surface area contributed by atoms with Gasteiger partial charge in [-0.15, -0.1) is 0 Å². The standard InChI is InChI=1S/C9H13N5O/c1-5(2)15-8-6-7(12-9(10)13-8)14(3)4-11-6/h4-5H,1-3H3,(H2,10,12,13). The molecule has 2 aromatic heterocycles. The van der Waals surface area contributed by atoms with Gasteiger partial charge in [0.1, 0.15) is 0 Å². The van der Waals surface area contributed by atoms with Gasteiger partial charge >= 0.3 is 0 Å². The normalized spacial score (nSPS) is 11.2. The van der Waals surface area contributed by atoms with E-state index in [0.717, 1.165) is 0 Å². The lowest BCUT2D eigenvalue weighted by atomic mass is 10.4. The molecule has 0 aliphatic rings. The highest BCUT2D eigenvalue weighted by Crippen LogP contribution is 2.21. The van der Waals surface area contributed by atoms with E-state index in [4.69, 9.17) is 10.5 Å². The van der Waals surface area contributed by atoms with Crippen LogP contribution in [0, 0.1) is 0 Å². The molecule has 0 aliphatic carbocycles. The number of aryl methyl sites for hydroxylation is 1. The van der Waals surface area contributed by atoms with E-state index in [2.05, 4.69) is 15.0 Å². The van der Waals surface area contributed by atoms with Crippen molar-refractivity contribution in [2.45, 2.75) is 20.0 Å². The van der Waals surface area contributed by atoms with Gasteiger partial charge in [-0.3, -0.25) is 0 Å². The highest BCUT2D eigenvalue weighted by molar-refractivity contribution is 5.77. The van der Waals surface area contributed by atoms with E-state index in [0.29, 0.717) is 17.0 Å². The molecule has 0 saturated heterocycles. The predicted octanol–water partition coefficient (Wildman–Crippen LogP) is 0.733. The van der Waals surface area contributed by atoms with Crippen LogP contribution in [0.5, 0.6) is 5.88 Å². The van der Waals surface area contributed by atoms with Crippen molar-refractivity contribution in [2.24, 2.45) is 7.05 Å². The van der Waals surface area contributed by atoms with Crippen molar-refractivity contribution >= 4 is 17.1 Å². The molecule has 0 atom stereocenters. The van der Waals surface area contributed by atoms with Gasteiger partial charge in [-0.05, 0) is 13.8 Å². The third kappa shape index (κ3) is 1.70. The molecule has 0 unspecified atom stereocenters. The van der Waals surface area contributed by atoms with Crippen molar-refractivity contribution < 1.29 is 4.74 Å². The number of imidazole rings is 1. The number of rotatable bonds is 2. The number of anilines is 1. The average molecular weight is 207 g/mol. The van der Waals surface area contributed by atoms with Gasteiger partial charge in [-0.25, -0.2) is 4.98 Å². The van der Waals surface area contributed by atoms with E-state index in [1.54, 1.807) is 10.9 Å². The van der Waals surface area contributed by atoms with Crippen LogP contribution in [0.4, 0.5) is 5.95 Å². The minimum absolute atomic E-state index is 0.0320. The van der Waals surface area contributed by atoms with Crippen molar-refractivity contribution in [3.05, 3.63) is 6.33 Å². The van der Waals surface area contributed by atoms with Gasteiger partial charge in [0.05, 0.1) is 12.4 Å². The lowest BCUT2D eigenvalue weighted by Crippen LogP contribution is -2.09. The maximum atomic E-state index is 5.59. The Morgan fingerprint density at radius 3 is 2.80 bits per heavy atom. The van der Waals surface area contributed by atoms with Crippen molar-refractivity contribution in [1.82, 2.24) is 19.5 Å². The quantitative estimate of drug-likeness (QED) is 0.785. The minimum Gasteiger partial charge on any atom is -0.473 e. The summed E-state index contributed by atoms with van der Waals surface area (Å²) in [6.45, 7) is 3.85. The first-order valence-electron chi connectivity index (χ1n) is 4.69. The molecule has 0 amide bonds. The van der Waals surface area contributed by atoms with Crippen LogP contribution >= 0.6 is 0 Å². The lowest BCUT2D eigenvalue weighted by molar-refractivity contribution is 0.235. The fourth-order valence-corrected chi connectivity index (χ4v) is 1.30. The molecule has 0 saturated carbocycles. The van der Waals surface area contributed by atoms with Crippen LogP contribution in [0.2, 0.25) is 0 Å². The maximum Gasteiger partial charge on any atom is 0.247 e. The molecule has 0 aromatic carbocycles. The Balaban J connectivity index is 2.61. The van der Waals surface area contributed by atoms with E-state index in [1.165, 1.54) is 0 Å². The Morgan fingerprint density at radius 2 is 2.13 bits per heavy atom. The van der Waals surface area contributed by atoms with Crippen LogP contribution in [0.25, 0.3) is 11.2 Å². The van der Waals surface area contributed by atoms with Crippen LogP contribution in [0.1, 0.15) is 13.8 Å². The number of nitrogens with two attached hydrogens (primary N) is 1. The van der Waals surface area contributed by atoms with E-state index >= 15 is 0 Å². The fourth-order valence-electron chi connectivity index (χ4n) is 1.30. The first kappa shape index (κ1) is 9.70. The van der Waals surface area contributed by atoms with Crippen LogP contribution in [0.3, 0.4) is 0 Å². The van der Waals surface area contributed by atoms with Crippen molar-refractivity contribution in [3.63, 3.8) is 0 Å². The summed E-state index contributed by atoms with van der Waals surface area (Å²) in [6.07, 6.45) is 1.69. The summed E-state index contributed by atoms with van der Waals surface area (Å²) in [5, 5.41) is 0. The van der Waals surface area contributed by atoms with Crippen LogP contribution in [-0.2, 0) is 7.05 Å². The lowest BCUT2D eigenvalue weighted by Gasteiger charge is -2.08. The molecule has 0 radical (unpaired) electrons. The van der Waals surface area contributed by atoms with Crippen LogP contribution in [0.15, 0.2) is 6.33 Å². The second kappa shape index (κ2) is 3.38. The van der Waals surface area contributed by atoms with Gasteiger partial charge in [0.25, 0.3) is 0 Å². The molecular formula is C9H13N5O. The van der Waals surface area contributed by atoms with Crippen molar-refractivity contribution in [2.75, 3.05) is 5.73 Å². The smallest absolute Gasteiger partial charge is 0.247 e. The number of fused-ring (bicyclic) bond motifs is 1. The molecule has 0 aliphatic heterocycles. The molecule has 80 valence electrons. The van der Waals surface area contributed by atoms with Crippen molar-refractivity contribution in [1.29, 1.82) is 0 Å². The third-order valence-electron chi connectivity index (χ3n) is 1.89. The zero-order valence-corrected chi connectivity index (χ0v) is 8.93. The van der Waals surface area contributed by atoms with Gasteiger partial charge in [0.2, 0.25) is 11.8 Å². The molecule has 2 heterocycles. The van der Waals surface area contributed by atoms with E-state index in [9.17, 15) is 0 Å². The average Bonchev–Trinajstić information content (AvgIpc) is 2.47. The van der Waals surface area contributed by atoms with Crippen LogP contribution in [-0.4, -0.2) is 25.6 Å². The summed E-state index contributed by atoms with van der Waals surface area (Å²) in [5.74, 6) is 0.634. The largest absolute Gasteiger partial charge is 0.473 e. The van der Waals surface area contributed by atoms with E-state index in [-0.39, 0.29) is 12.1 Å². The summed E-state index contributed by atoms with van der Waals surface area (Å²) < 4.78 is 7.29. The molecule has 2 N–H and O–H groups in total. The SMILES string of the molecule is CC(C)Oc1nc(N)nc2c1ncn2C. The second-order valence-corrected chi connectivity index (χ2v) is 3.58. The number of aromatic nitrogens is 4. The number of hydrogen-bond donors (Lipinski definition) is 1. The first-order valence-corrected chi connectivity index (χ1v) is 4.69. The fraction of sp³-hybridized carbons (Fsp3) is 0.444. The highest BCUT2D eigenvalue weighted by atomic mass is 16.5. The molecule has 2 aromatic rings. The molecule has 0 bridgehead atoms. The van der Waals surface area contributed by atoms with Gasteiger partial charge < -0.3 is 15.0 Å². The number of ether oxygens (including phenoxy) is 1. The molecule has 0 spiro atoms. The second-order valence-electron chi connectivity index (χ2n) is 3.58. The summed E-state index contributed by atoms with van der Waals surface area (Å²) in [7, 11) is 1.85. The Kier molecular flexibility index (Phi) is 2.18. The number of hydrogen-bond acceptors (Lipinski definition) is 5. The van der Waals surface area contributed by atoms with E-state index in [1.807, 2.05) is 20.9 Å². The zero-order chi connectivity index (χ0) is 11.0. The minimum atomic E-state index is 0.0320.